The summed E-state index contributed by atoms with van der Waals surface area (Å²) >= 11 is 0.854. The van der Waals surface area contributed by atoms with Gasteiger partial charge in [0.05, 0.1) is 4.70 Å². The van der Waals surface area contributed by atoms with E-state index in [9.17, 15) is 12.8 Å². The molecule has 1 aromatic heterocycles. The van der Waals surface area contributed by atoms with Gasteiger partial charge in [-0.1, -0.05) is 6.07 Å². The largest absolute Gasteiger partial charge is 0.265 e. The fraction of sp³-hybridized carbons (Fsp3) is 0. The molecular formula is C7H5FN2O2S2. The Morgan fingerprint density at radius 3 is 2.71 bits per heavy atom. The highest BCUT2D eigenvalue weighted by Gasteiger charge is 2.15. The topological polar surface area (TPSA) is 73.1 Å². The molecule has 0 amide bonds. The maximum atomic E-state index is 13.1. The van der Waals surface area contributed by atoms with Gasteiger partial charge in [-0.25, -0.2) is 22.9 Å². The van der Waals surface area contributed by atoms with Crippen LogP contribution in [0.1, 0.15) is 0 Å². The van der Waals surface area contributed by atoms with Gasteiger partial charge in [-0.05, 0) is 12.1 Å². The van der Waals surface area contributed by atoms with Crippen LogP contribution in [-0.2, 0) is 10.0 Å². The van der Waals surface area contributed by atoms with E-state index >= 15 is 0 Å². The van der Waals surface area contributed by atoms with E-state index in [0.29, 0.717) is 4.70 Å². The number of para-hydroxylation sites is 1. The Morgan fingerprint density at radius 1 is 1.43 bits per heavy atom. The van der Waals surface area contributed by atoms with Crippen LogP contribution < -0.4 is 5.14 Å². The number of hydrogen-bond acceptors (Lipinski definition) is 4. The Hall–Kier alpha value is -1.05. The summed E-state index contributed by atoms with van der Waals surface area (Å²) in [6.45, 7) is 0. The molecule has 7 heteroatoms. The van der Waals surface area contributed by atoms with E-state index in [-0.39, 0.29) is 9.86 Å². The summed E-state index contributed by atoms with van der Waals surface area (Å²) in [6.07, 6.45) is 0. The number of sulfonamides is 1. The van der Waals surface area contributed by atoms with Crippen molar-refractivity contribution in [2.24, 2.45) is 5.14 Å². The third kappa shape index (κ3) is 1.49. The molecule has 0 aliphatic rings. The molecule has 0 fully saturated rings. The number of primary sulfonamides is 1. The monoisotopic (exact) mass is 232 g/mol. The van der Waals surface area contributed by atoms with Crippen molar-refractivity contribution < 1.29 is 12.8 Å². The van der Waals surface area contributed by atoms with Gasteiger partial charge in [0.1, 0.15) is 11.3 Å². The Kier molecular flexibility index (Phi) is 2.02. The maximum absolute atomic E-state index is 13.1. The van der Waals surface area contributed by atoms with Gasteiger partial charge >= 0.3 is 0 Å². The van der Waals surface area contributed by atoms with Gasteiger partial charge in [-0.15, -0.1) is 11.3 Å². The van der Waals surface area contributed by atoms with E-state index in [0.717, 1.165) is 11.3 Å². The second kappa shape index (κ2) is 2.97. The number of thiazole rings is 1. The number of fused-ring (bicyclic) bond motifs is 1. The van der Waals surface area contributed by atoms with Crippen molar-refractivity contribution in [3.05, 3.63) is 24.0 Å². The first kappa shape index (κ1) is 9.50. The van der Waals surface area contributed by atoms with Gasteiger partial charge in [0, 0.05) is 0 Å². The first-order valence-electron chi connectivity index (χ1n) is 3.56. The van der Waals surface area contributed by atoms with Crippen LogP contribution in [0.25, 0.3) is 10.2 Å². The first-order chi connectivity index (χ1) is 6.48. The first-order valence-corrected chi connectivity index (χ1v) is 5.92. The van der Waals surface area contributed by atoms with Crippen LogP contribution in [0.15, 0.2) is 22.5 Å². The molecule has 0 aliphatic carbocycles. The van der Waals surface area contributed by atoms with Crippen molar-refractivity contribution in [1.29, 1.82) is 0 Å². The highest BCUT2D eigenvalue weighted by molar-refractivity contribution is 7.91. The minimum absolute atomic E-state index is 0.0431. The predicted octanol–water partition coefficient (Wildman–Crippen LogP) is 1.08. The molecule has 0 spiro atoms. The number of rotatable bonds is 1. The molecule has 2 N–H and O–H groups in total. The number of benzene rings is 1. The van der Waals surface area contributed by atoms with Crippen LogP contribution in [-0.4, -0.2) is 13.4 Å². The molecule has 0 bridgehead atoms. The van der Waals surface area contributed by atoms with Crippen LogP contribution in [0.3, 0.4) is 0 Å². The quantitative estimate of drug-likeness (QED) is 0.799. The van der Waals surface area contributed by atoms with Crippen LogP contribution in [0.2, 0.25) is 0 Å². The van der Waals surface area contributed by atoms with Gasteiger partial charge in [0.2, 0.25) is 4.34 Å². The van der Waals surface area contributed by atoms with Crippen molar-refractivity contribution in [3.63, 3.8) is 0 Å². The number of halogens is 1. The summed E-state index contributed by atoms with van der Waals surface area (Å²) in [6, 6.07) is 4.29. The Balaban J connectivity index is 2.81. The molecule has 0 atom stereocenters. The Morgan fingerprint density at radius 2 is 2.14 bits per heavy atom. The van der Waals surface area contributed by atoms with Crippen molar-refractivity contribution in [2.75, 3.05) is 0 Å². The van der Waals surface area contributed by atoms with E-state index < -0.39 is 15.8 Å². The van der Waals surface area contributed by atoms with Gasteiger partial charge in [0.25, 0.3) is 10.0 Å². The second-order valence-electron chi connectivity index (χ2n) is 2.61. The molecule has 0 radical (unpaired) electrons. The van der Waals surface area contributed by atoms with Crippen molar-refractivity contribution in [2.45, 2.75) is 4.34 Å². The molecule has 74 valence electrons. The Labute approximate surface area is 83.2 Å². The number of aromatic nitrogens is 1. The van der Waals surface area contributed by atoms with Crippen LogP contribution >= 0.6 is 11.3 Å². The molecule has 0 saturated heterocycles. The third-order valence-electron chi connectivity index (χ3n) is 1.59. The van der Waals surface area contributed by atoms with Crippen LogP contribution in [0.5, 0.6) is 0 Å². The summed E-state index contributed by atoms with van der Waals surface area (Å²) in [5.41, 5.74) is 0.0431. The summed E-state index contributed by atoms with van der Waals surface area (Å²) < 4.78 is 35.1. The summed E-state index contributed by atoms with van der Waals surface area (Å²) in [7, 11) is -3.84. The lowest BCUT2D eigenvalue weighted by atomic mass is 10.3. The maximum Gasteiger partial charge on any atom is 0.265 e. The molecule has 2 rings (SSSR count). The van der Waals surface area contributed by atoms with E-state index in [1.54, 1.807) is 6.07 Å². The Bertz CT molecular complexity index is 591. The van der Waals surface area contributed by atoms with Gasteiger partial charge < -0.3 is 0 Å². The molecule has 0 aliphatic heterocycles. The van der Waals surface area contributed by atoms with Gasteiger partial charge in [0.15, 0.2) is 0 Å². The lowest BCUT2D eigenvalue weighted by Gasteiger charge is -1.87. The molecule has 4 nitrogen and oxygen atoms in total. The normalized spacial score (nSPS) is 12.1. The predicted molar refractivity (Wildman–Crippen MR) is 51.0 cm³/mol. The zero-order chi connectivity index (χ0) is 10.3. The van der Waals surface area contributed by atoms with Crippen molar-refractivity contribution in [3.8, 4) is 0 Å². The van der Waals surface area contributed by atoms with Crippen molar-refractivity contribution in [1.82, 2.24) is 4.98 Å². The smallest absolute Gasteiger partial charge is 0.223 e. The van der Waals surface area contributed by atoms with Crippen LogP contribution in [0.4, 0.5) is 4.39 Å². The summed E-state index contributed by atoms with van der Waals surface area (Å²) in [5.74, 6) is -0.548. The lowest BCUT2D eigenvalue weighted by molar-refractivity contribution is 0.597. The molecule has 1 aromatic carbocycles. The third-order valence-corrected chi connectivity index (χ3v) is 3.93. The average molecular weight is 232 g/mol. The minimum Gasteiger partial charge on any atom is -0.223 e. The van der Waals surface area contributed by atoms with E-state index in [1.165, 1.54) is 12.1 Å². The number of nitrogens with zero attached hydrogens (tertiary/aromatic N) is 1. The lowest BCUT2D eigenvalue weighted by Crippen LogP contribution is -2.11. The molecular weight excluding hydrogens is 227 g/mol. The van der Waals surface area contributed by atoms with E-state index in [2.05, 4.69) is 4.98 Å². The van der Waals surface area contributed by atoms with Gasteiger partial charge in [-0.3, -0.25) is 0 Å². The highest BCUT2D eigenvalue weighted by atomic mass is 32.2. The summed E-state index contributed by atoms with van der Waals surface area (Å²) in [4.78, 5) is 3.61. The molecule has 2 aromatic rings. The van der Waals surface area contributed by atoms with E-state index in [4.69, 9.17) is 5.14 Å². The van der Waals surface area contributed by atoms with Gasteiger partial charge in [-0.2, -0.15) is 0 Å². The highest BCUT2D eigenvalue weighted by Crippen LogP contribution is 2.25. The standard InChI is InChI=1S/C7H5FN2O2S2/c8-4-2-1-3-5-6(4)10-7(13-5)14(9,11)12/h1-3H,(H2,9,11,12). The fourth-order valence-corrected chi connectivity index (χ4v) is 2.68. The zero-order valence-corrected chi connectivity index (χ0v) is 8.40. The average Bonchev–Trinajstić information content (AvgIpc) is 2.48. The zero-order valence-electron chi connectivity index (χ0n) is 6.77. The van der Waals surface area contributed by atoms with E-state index in [1.807, 2.05) is 0 Å². The minimum atomic E-state index is -3.84. The number of hydrogen-bond donors (Lipinski definition) is 1. The summed E-state index contributed by atoms with van der Waals surface area (Å²) in [5, 5.41) is 4.87. The fourth-order valence-electron chi connectivity index (χ4n) is 1.02. The second-order valence-corrected chi connectivity index (χ2v) is 5.38. The molecule has 1 heterocycles. The molecule has 0 unspecified atom stereocenters. The SMILES string of the molecule is NS(=O)(=O)c1nc2c(F)cccc2s1. The van der Waals surface area contributed by atoms with Crippen LogP contribution in [0, 0.1) is 5.82 Å². The van der Waals surface area contributed by atoms with Crippen molar-refractivity contribution >= 4 is 31.6 Å². The molecule has 14 heavy (non-hydrogen) atoms. The molecule has 0 saturated carbocycles. The number of nitrogens with two attached hydrogens (primary N) is 1.